The zero-order valence-corrected chi connectivity index (χ0v) is 20.4. The first kappa shape index (κ1) is 23.9. The number of furan rings is 1. The molecule has 0 aliphatic rings. The van der Waals surface area contributed by atoms with Crippen molar-refractivity contribution in [3.8, 4) is 0 Å². The second-order valence-corrected chi connectivity index (χ2v) is 8.87. The Morgan fingerprint density at radius 3 is 2.34 bits per heavy atom. The smallest absolute Gasteiger partial charge is 0.231 e. The molecule has 0 aliphatic heterocycles. The third kappa shape index (κ3) is 6.66. The van der Waals surface area contributed by atoms with Gasteiger partial charge in [-0.1, -0.05) is 0 Å². The molecule has 0 bridgehead atoms. The molecule has 0 fully saturated rings. The Hall–Kier alpha value is -4.20. The SMILES string of the molecule is CN(CCc1ccco1)c1nc(N)nc(N(C)Cc2csc(CCNc3nc(N)nc(N)n3)c2)n1. The van der Waals surface area contributed by atoms with Gasteiger partial charge in [0.2, 0.25) is 35.7 Å². The molecule has 0 atom stereocenters. The van der Waals surface area contributed by atoms with Crippen molar-refractivity contribution in [3.05, 3.63) is 46.0 Å². The quantitative estimate of drug-likeness (QED) is 0.234. The summed E-state index contributed by atoms with van der Waals surface area (Å²) >= 11 is 1.68. The van der Waals surface area contributed by atoms with Crippen molar-refractivity contribution >= 4 is 47.0 Å². The molecule has 0 aliphatic carbocycles. The Morgan fingerprint density at radius 1 is 0.914 bits per heavy atom. The van der Waals surface area contributed by atoms with Crippen LogP contribution in [0.3, 0.4) is 0 Å². The van der Waals surface area contributed by atoms with E-state index in [9.17, 15) is 0 Å². The van der Waals surface area contributed by atoms with Gasteiger partial charge < -0.3 is 36.7 Å². The van der Waals surface area contributed by atoms with Crippen molar-refractivity contribution in [2.45, 2.75) is 19.4 Å². The van der Waals surface area contributed by atoms with E-state index in [1.165, 1.54) is 4.88 Å². The summed E-state index contributed by atoms with van der Waals surface area (Å²) in [5.74, 6) is 2.66. The molecule has 7 N–H and O–H groups in total. The lowest BCUT2D eigenvalue weighted by Crippen LogP contribution is -2.26. The Labute approximate surface area is 206 Å². The molecule has 35 heavy (non-hydrogen) atoms. The molecule has 13 nitrogen and oxygen atoms in total. The van der Waals surface area contributed by atoms with E-state index >= 15 is 0 Å². The van der Waals surface area contributed by atoms with Gasteiger partial charge in [-0.05, 0) is 35.6 Å². The van der Waals surface area contributed by atoms with Crippen molar-refractivity contribution in [2.24, 2.45) is 0 Å². The summed E-state index contributed by atoms with van der Waals surface area (Å²) in [4.78, 5) is 30.1. The van der Waals surface area contributed by atoms with E-state index in [-0.39, 0.29) is 17.8 Å². The Balaban J connectivity index is 1.32. The summed E-state index contributed by atoms with van der Waals surface area (Å²) in [5, 5.41) is 5.23. The molecule has 4 rings (SSSR count). The maximum Gasteiger partial charge on any atom is 0.231 e. The van der Waals surface area contributed by atoms with Gasteiger partial charge in [0.25, 0.3) is 0 Å². The summed E-state index contributed by atoms with van der Waals surface area (Å²) in [6.07, 6.45) is 3.20. The molecular weight excluding hydrogens is 468 g/mol. The van der Waals surface area contributed by atoms with Crippen LogP contribution in [0.5, 0.6) is 0 Å². The lowest BCUT2D eigenvalue weighted by atomic mass is 10.2. The number of nitrogen functional groups attached to an aromatic ring is 3. The van der Waals surface area contributed by atoms with Gasteiger partial charge in [0.15, 0.2) is 0 Å². The Morgan fingerprint density at radius 2 is 1.63 bits per heavy atom. The molecule has 4 aromatic rings. The normalized spacial score (nSPS) is 10.9. The molecule has 0 saturated heterocycles. The summed E-state index contributed by atoms with van der Waals surface area (Å²) in [6.45, 7) is 1.95. The number of rotatable bonds is 11. The van der Waals surface area contributed by atoms with Crippen molar-refractivity contribution in [2.75, 3.05) is 59.5 Å². The lowest BCUT2D eigenvalue weighted by molar-refractivity contribution is 0.508. The van der Waals surface area contributed by atoms with E-state index in [1.807, 2.05) is 36.0 Å². The van der Waals surface area contributed by atoms with E-state index in [0.29, 0.717) is 37.5 Å². The highest BCUT2D eigenvalue weighted by atomic mass is 32.1. The van der Waals surface area contributed by atoms with Crippen LogP contribution in [-0.2, 0) is 19.4 Å². The number of hydrogen-bond donors (Lipinski definition) is 4. The molecular formula is C21H28N12OS. The standard InChI is InChI=1S/C21H28N12OS/c1-32(8-6-14-4-3-9-34-14)20-29-18(24)30-21(31-20)33(2)11-13-10-15(35-12-13)5-7-25-19-27-16(22)26-17(23)28-19/h3-4,9-10,12H,5-8,11H2,1-2H3,(H2,24,29,30,31)(H5,22,23,25,26,27,28). The van der Waals surface area contributed by atoms with Crippen molar-refractivity contribution < 1.29 is 4.42 Å². The van der Waals surface area contributed by atoms with Gasteiger partial charge in [-0.2, -0.15) is 29.9 Å². The maximum atomic E-state index is 5.98. The van der Waals surface area contributed by atoms with Gasteiger partial charge in [-0.15, -0.1) is 11.3 Å². The van der Waals surface area contributed by atoms with Gasteiger partial charge in [0.05, 0.1) is 6.26 Å². The van der Waals surface area contributed by atoms with Crippen LogP contribution in [0, 0.1) is 0 Å². The van der Waals surface area contributed by atoms with Crippen molar-refractivity contribution in [1.82, 2.24) is 29.9 Å². The van der Waals surface area contributed by atoms with Crippen LogP contribution < -0.4 is 32.3 Å². The first-order valence-corrected chi connectivity index (χ1v) is 11.8. The fourth-order valence-corrected chi connectivity index (χ4v) is 4.20. The predicted octanol–water partition coefficient (Wildman–Crippen LogP) is 1.43. The molecule has 0 saturated carbocycles. The van der Waals surface area contributed by atoms with E-state index in [0.717, 1.165) is 24.2 Å². The van der Waals surface area contributed by atoms with Gasteiger partial charge >= 0.3 is 0 Å². The molecule has 14 heteroatoms. The minimum Gasteiger partial charge on any atom is -0.469 e. The minimum absolute atomic E-state index is 0.0901. The number of likely N-dealkylation sites (N-methyl/N-ethyl adjacent to an activating group) is 1. The number of thiophene rings is 1. The molecule has 0 amide bonds. The van der Waals surface area contributed by atoms with E-state index in [4.69, 9.17) is 21.6 Å². The molecule has 4 aromatic heterocycles. The highest BCUT2D eigenvalue weighted by molar-refractivity contribution is 7.10. The number of aromatic nitrogens is 6. The summed E-state index contributed by atoms with van der Waals surface area (Å²) in [6, 6.07) is 5.97. The highest BCUT2D eigenvalue weighted by Gasteiger charge is 2.14. The topological polar surface area (TPSA) is 187 Å². The van der Waals surface area contributed by atoms with Crippen LogP contribution in [0.1, 0.15) is 16.2 Å². The molecule has 0 spiro atoms. The largest absolute Gasteiger partial charge is 0.469 e. The van der Waals surface area contributed by atoms with Gasteiger partial charge in [-0.3, -0.25) is 0 Å². The van der Waals surface area contributed by atoms with Gasteiger partial charge in [-0.25, -0.2) is 0 Å². The van der Waals surface area contributed by atoms with Crippen LogP contribution in [0.15, 0.2) is 34.3 Å². The fourth-order valence-electron chi connectivity index (χ4n) is 3.31. The number of hydrogen-bond acceptors (Lipinski definition) is 14. The summed E-state index contributed by atoms with van der Waals surface area (Å²) < 4.78 is 5.40. The molecule has 0 unspecified atom stereocenters. The van der Waals surface area contributed by atoms with E-state index < -0.39 is 0 Å². The minimum atomic E-state index is 0.0901. The highest BCUT2D eigenvalue weighted by Crippen LogP contribution is 2.20. The Bertz CT molecular complexity index is 1220. The molecule has 184 valence electrons. The second-order valence-electron chi connectivity index (χ2n) is 7.87. The van der Waals surface area contributed by atoms with E-state index in [1.54, 1.807) is 17.6 Å². The Kier molecular flexibility index (Phi) is 7.40. The fraction of sp³-hybridized carbons (Fsp3) is 0.333. The average Bonchev–Trinajstić information content (AvgIpc) is 3.48. The monoisotopic (exact) mass is 496 g/mol. The van der Waals surface area contributed by atoms with Crippen LogP contribution in [0.2, 0.25) is 0 Å². The third-order valence-electron chi connectivity index (χ3n) is 5.04. The molecule has 0 radical (unpaired) electrons. The van der Waals surface area contributed by atoms with Crippen molar-refractivity contribution in [3.63, 3.8) is 0 Å². The summed E-state index contributed by atoms with van der Waals surface area (Å²) in [5.41, 5.74) is 18.3. The number of nitrogens with two attached hydrogens (primary N) is 3. The first-order valence-electron chi connectivity index (χ1n) is 10.9. The third-order valence-corrected chi connectivity index (χ3v) is 6.08. The predicted molar refractivity (Wildman–Crippen MR) is 137 cm³/mol. The number of anilines is 6. The first-order chi connectivity index (χ1) is 16.9. The second kappa shape index (κ2) is 10.8. The van der Waals surface area contributed by atoms with Crippen LogP contribution >= 0.6 is 11.3 Å². The molecule has 0 aromatic carbocycles. The maximum absolute atomic E-state index is 5.98. The number of nitrogens with zero attached hydrogens (tertiary/aromatic N) is 8. The number of nitrogens with one attached hydrogen (secondary N) is 1. The average molecular weight is 497 g/mol. The zero-order chi connectivity index (χ0) is 24.8. The zero-order valence-electron chi connectivity index (χ0n) is 19.5. The van der Waals surface area contributed by atoms with Crippen LogP contribution in [-0.4, -0.2) is 57.1 Å². The van der Waals surface area contributed by atoms with Gasteiger partial charge in [0.1, 0.15) is 5.76 Å². The summed E-state index contributed by atoms with van der Waals surface area (Å²) in [7, 11) is 3.84. The molecule has 4 heterocycles. The van der Waals surface area contributed by atoms with Crippen LogP contribution in [0.4, 0.5) is 35.7 Å². The van der Waals surface area contributed by atoms with Gasteiger partial charge in [0, 0.05) is 45.0 Å². The van der Waals surface area contributed by atoms with Crippen LogP contribution in [0.25, 0.3) is 0 Å². The van der Waals surface area contributed by atoms with E-state index in [2.05, 4.69) is 46.7 Å². The lowest BCUT2D eigenvalue weighted by Gasteiger charge is -2.20. The van der Waals surface area contributed by atoms with Crippen molar-refractivity contribution in [1.29, 1.82) is 0 Å².